The Morgan fingerprint density at radius 1 is 0.256 bits per heavy atom. The van der Waals surface area contributed by atoms with Crippen molar-refractivity contribution in [3.05, 3.63) is 389 Å². The molecule has 0 atom stereocenters. The second kappa shape index (κ2) is 42.1. The van der Waals surface area contributed by atoms with Gasteiger partial charge in [0, 0.05) is 48.1 Å². The van der Waals surface area contributed by atoms with E-state index >= 15 is 0 Å². The Bertz CT molecular complexity index is 5720. The fraction of sp³-hybridized carbons (Fsp3) is 0.402. The normalized spacial score (nSPS) is 14.7. The molecule has 19 rings (SSSR count). The molecule has 668 valence electrons. The molecule has 0 unspecified atom stereocenters. The van der Waals surface area contributed by atoms with Gasteiger partial charge in [0.25, 0.3) is 0 Å². The van der Waals surface area contributed by atoms with Crippen molar-refractivity contribution in [3.8, 4) is 55.6 Å². The van der Waals surface area contributed by atoms with Crippen molar-refractivity contribution in [3.63, 3.8) is 0 Å². The average Bonchev–Trinajstić information content (AvgIpc) is 1.52. The van der Waals surface area contributed by atoms with Gasteiger partial charge in [0.2, 0.25) is 0 Å². The summed E-state index contributed by atoms with van der Waals surface area (Å²) in [5.74, 6) is 0. The lowest BCUT2D eigenvalue weighted by Crippen LogP contribution is -2.29. The van der Waals surface area contributed by atoms with Crippen LogP contribution in [0.25, 0.3) is 55.6 Å². The maximum absolute atomic E-state index is 6.07. The molecule has 7 aliphatic carbocycles. The molecule has 0 N–H and O–H groups in total. The minimum atomic E-state index is -0.0910. The lowest BCUT2D eigenvalue weighted by molar-refractivity contribution is 0.0934. The van der Waals surface area contributed by atoms with Gasteiger partial charge in [-0.25, -0.2) is 0 Å². The number of ether oxygens (including phenoxy) is 2. The molecular formula is C127H148O2. The van der Waals surface area contributed by atoms with Gasteiger partial charge in [0.1, 0.15) is 0 Å². The van der Waals surface area contributed by atoms with E-state index in [1.165, 1.54) is 316 Å². The van der Waals surface area contributed by atoms with E-state index in [0.717, 1.165) is 71.4 Å². The van der Waals surface area contributed by atoms with Crippen molar-refractivity contribution in [2.45, 2.75) is 303 Å². The van der Waals surface area contributed by atoms with Crippen LogP contribution in [0.4, 0.5) is 0 Å². The Labute approximate surface area is 778 Å². The van der Waals surface area contributed by atoms with Crippen molar-refractivity contribution in [1.82, 2.24) is 0 Å². The second-order valence-corrected chi connectivity index (χ2v) is 40.1. The third kappa shape index (κ3) is 19.4. The highest BCUT2D eigenvalue weighted by Gasteiger charge is 2.48. The number of benzene rings is 12. The van der Waals surface area contributed by atoms with Crippen molar-refractivity contribution in [2.24, 2.45) is 0 Å². The van der Waals surface area contributed by atoms with Crippen LogP contribution < -0.4 is 0 Å². The van der Waals surface area contributed by atoms with Gasteiger partial charge in [-0.05, 0) is 327 Å². The maximum atomic E-state index is 6.07. The summed E-state index contributed by atoms with van der Waals surface area (Å²) in [6.07, 6.45) is 43.4. The first-order valence-corrected chi connectivity index (χ1v) is 50.7. The lowest BCUT2D eigenvalue weighted by Gasteiger charge is -2.35. The van der Waals surface area contributed by atoms with Gasteiger partial charge < -0.3 is 9.47 Å². The van der Waals surface area contributed by atoms with E-state index < -0.39 is 0 Å². The van der Waals surface area contributed by atoms with E-state index in [0.29, 0.717) is 0 Å². The molecule has 0 amide bonds. The van der Waals surface area contributed by atoms with Crippen LogP contribution in [0, 0.1) is 55.4 Å². The summed E-state index contributed by atoms with van der Waals surface area (Å²) < 4.78 is 12.1. The monoisotopic (exact) mass is 1710 g/mol. The smallest absolute Gasteiger partial charge is 0.0477 e. The molecule has 0 fully saturated rings. The summed E-state index contributed by atoms with van der Waals surface area (Å²) in [4.78, 5) is 0. The largest absolute Gasteiger partial charge is 0.381 e. The molecule has 12 aromatic carbocycles. The first-order chi connectivity index (χ1) is 62.9. The molecule has 0 saturated carbocycles. The molecule has 0 spiro atoms. The standard InChI is InChI=1S/C35H36.C34H42.C29H38O2.C29H32/c1-4-5-6-7-19-35(30-10-8-9-27(23-30)29-16-14-26-13-15-28(26)22-29)33-20-24(2)11-17-31(33)32-18-12-25(3)21-34(32)35;1-4-5-6-9-20-34(21-10-7-8-11-27-14-15-28-16-17-29(28)24-27)32-22-25(2)12-18-30(32)31-19-13-26(3)23-33(31)34;1-5-7-9-17-30-19-15-29(16-20-31-18-10-8-6-2)27-21-23(3)11-13-25(27)26-14-12-24(4)22-28(26)29;1-4-5-6-7-16-29(24-13-12-22-10-11-23(22)19-24)27-17-20(2)8-14-25(27)26-15-9-21(3)18-28(26)29/h8-12,14,16-18,20-23H,4-7,13,15,19H2,1-3H3;12-15,18-19,22-24H,4-11,16-17,20-21H2,1-3H3;5-6,11-14,21-22H,1-2,7-10,15-20H2,3-4H3;8-9,12-15,17-19H,4-7,10-11,16H2,1-3H3. The fourth-order valence-corrected chi connectivity index (χ4v) is 23.5. The van der Waals surface area contributed by atoms with E-state index in [1.54, 1.807) is 38.9 Å². The molecule has 0 radical (unpaired) electrons. The molecule has 0 heterocycles. The van der Waals surface area contributed by atoms with Gasteiger partial charge in [-0.15, -0.1) is 13.2 Å². The van der Waals surface area contributed by atoms with Crippen LogP contribution >= 0.6 is 0 Å². The lowest BCUT2D eigenvalue weighted by atomic mass is 9.67. The number of hydrogen-bond donors (Lipinski definition) is 0. The zero-order chi connectivity index (χ0) is 89.7. The molecule has 129 heavy (non-hydrogen) atoms. The fourth-order valence-electron chi connectivity index (χ4n) is 23.5. The first-order valence-electron chi connectivity index (χ1n) is 50.7. The van der Waals surface area contributed by atoms with Crippen LogP contribution in [-0.2, 0) is 76.1 Å². The number of unbranched alkanes of at least 4 members (excludes halogenated alkanes) is 13. The number of allylic oxidation sites excluding steroid dienone is 2. The van der Waals surface area contributed by atoms with Crippen LogP contribution in [0.3, 0.4) is 0 Å². The van der Waals surface area contributed by atoms with Gasteiger partial charge in [0.05, 0.1) is 0 Å². The molecule has 12 aromatic rings. The molecule has 0 bridgehead atoms. The Morgan fingerprint density at radius 3 is 0.930 bits per heavy atom. The summed E-state index contributed by atoms with van der Waals surface area (Å²) in [6, 6.07) is 88.0. The predicted octanol–water partition coefficient (Wildman–Crippen LogP) is 33.8. The van der Waals surface area contributed by atoms with Crippen LogP contribution in [0.15, 0.2) is 250 Å². The van der Waals surface area contributed by atoms with Crippen molar-refractivity contribution < 1.29 is 9.47 Å². The molecule has 0 saturated heterocycles. The molecule has 0 aliphatic heterocycles. The van der Waals surface area contributed by atoms with Crippen LogP contribution in [0.2, 0.25) is 0 Å². The van der Waals surface area contributed by atoms with Crippen molar-refractivity contribution in [1.29, 1.82) is 0 Å². The highest BCUT2D eigenvalue weighted by atomic mass is 16.5. The third-order valence-electron chi connectivity index (χ3n) is 30.9. The molecule has 2 heteroatoms. The SMILES string of the molecule is C=CCCCOCCC1(CCOCCCC=C)c2cc(C)ccc2-c2ccc(C)cc21.CCCCCCC1(CCCCCc2ccc3c(c2)CC3)c2cc(C)ccc2-c2ccc(C)cc21.CCCCCCC1(c2ccc3c(c2)CC3)c2cc(C)ccc2-c2ccc(C)cc21.CCCCCCC1(c2cccc(-c3ccc4c(c3)CC4)c2)c2cc(C)ccc2-c2ccc(C)cc21. The predicted molar refractivity (Wildman–Crippen MR) is 552 cm³/mol. The average molecular weight is 1710 g/mol. The van der Waals surface area contributed by atoms with E-state index in [1.807, 2.05) is 12.2 Å². The molecular weight excluding hydrogens is 1560 g/mol. The zero-order valence-corrected chi connectivity index (χ0v) is 80.7. The van der Waals surface area contributed by atoms with Crippen molar-refractivity contribution in [2.75, 3.05) is 26.4 Å². The maximum Gasteiger partial charge on any atom is 0.0477 e. The van der Waals surface area contributed by atoms with E-state index in [9.17, 15) is 0 Å². The van der Waals surface area contributed by atoms with Gasteiger partial charge in [-0.3, -0.25) is 0 Å². The number of fused-ring (bicyclic) bond motifs is 15. The van der Waals surface area contributed by atoms with Gasteiger partial charge in [0.15, 0.2) is 0 Å². The minimum absolute atomic E-state index is 0.00106. The Balaban J connectivity index is 0.000000126. The zero-order valence-electron chi connectivity index (χ0n) is 80.7. The molecule has 2 nitrogen and oxygen atoms in total. The van der Waals surface area contributed by atoms with Gasteiger partial charge >= 0.3 is 0 Å². The molecule has 0 aromatic heterocycles. The number of aryl methyl sites for hydroxylation is 15. The van der Waals surface area contributed by atoms with Crippen LogP contribution in [0.5, 0.6) is 0 Å². The molecule has 7 aliphatic rings. The highest BCUT2D eigenvalue weighted by Crippen LogP contribution is 2.60. The third-order valence-corrected chi connectivity index (χ3v) is 30.9. The number of hydrogen-bond acceptors (Lipinski definition) is 2. The van der Waals surface area contributed by atoms with Gasteiger partial charge in [-0.1, -0.05) is 386 Å². The topological polar surface area (TPSA) is 18.5 Å². The quantitative estimate of drug-likeness (QED) is 0.0284. The van der Waals surface area contributed by atoms with E-state index in [4.69, 9.17) is 9.47 Å². The summed E-state index contributed by atoms with van der Waals surface area (Å²) in [6.45, 7) is 35.5. The minimum Gasteiger partial charge on any atom is -0.381 e. The Morgan fingerprint density at radius 2 is 0.574 bits per heavy atom. The van der Waals surface area contributed by atoms with Gasteiger partial charge in [-0.2, -0.15) is 0 Å². The second-order valence-electron chi connectivity index (χ2n) is 40.1. The first kappa shape index (κ1) is 92.3. The summed E-state index contributed by atoms with van der Waals surface area (Å²) in [5.41, 5.74) is 51.2. The van der Waals surface area contributed by atoms with E-state index in [-0.39, 0.29) is 21.7 Å². The highest BCUT2D eigenvalue weighted by molar-refractivity contribution is 5.87. The summed E-state index contributed by atoms with van der Waals surface area (Å²) in [5, 5.41) is 0. The van der Waals surface area contributed by atoms with Crippen molar-refractivity contribution >= 4 is 0 Å². The Kier molecular flexibility index (Phi) is 30.1. The number of rotatable bonds is 38. The Hall–Kier alpha value is -9.96. The summed E-state index contributed by atoms with van der Waals surface area (Å²) in [7, 11) is 0. The van der Waals surface area contributed by atoms with Crippen LogP contribution in [0.1, 0.15) is 320 Å². The van der Waals surface area contributed by atoms with Crippen LogP contribution in [-0.4, -0.2) is 26.4 Å². The van der Waals surface area contributed by atoms with E-state index in [2.05, 4.69) is 314 Å². The summed E-state index contributed by atoms with van der Waals surface area (Å²) >= 11 is 0.